The number of piperidine rings is 2. The van der Waals surface area contributed by atoms with Crippen molar-refractivity contribution in [2.24, 2.45) is 5.92 Å². The number of fused-ring (bicyclic) bond motifs is 1. The van der Waals surface area contributed by atoms with E-state index < -0.39 is 6.04 Å². The molecule has 2 N–H and O–H groups in total. The molecule has 4 aliphatic heterocycles. The van der Waals surface area contributed by atoms with E-state index in [4.69, 9.17) is 0 Å². The van der Waals surface area contributed by atoms with Gasteiger partial charge in [-0.1, -0.05) is 31.0 Å². The fourth-order valence-electron chi connectivity index (χ4n) is 8.45. The van der Waals surface area contributed by atoms with Crippen LogP contribution >= 0.6 is 11.8 Å². The van der Waals surface area contributed by atoms with Crippen LogP contribution < -0.4 is 15.5 Å². The first-order chi connectivity index (χ1) is 28.3. The van der Waals surface area contributed by atoms with Crippen LogP contribution in [0.2, 0.25) is 0 Å². The average Bonchev–Trinajstić information content (AvgIpc) is 3.59. The first-order valence-corrected chi connectivity index (χ1v) is 21.9. The minimum atomic E-state index is -0.594. The Hall–Kier alpha value is -5.01. The van der Waals surface area contributed by atoms with Gasteiger partial charge in [0.1, 0.15) is 6.04 Å². The second kappa shape index (κ2) is 20.1. The summed E-state index contributed by atoms with van der Waals surface area (Å²) in [5, 5.41) is 5.34. The average molecular weight is 806 g/mol. The Kier molecular flexibility index (Phi) is 14.3. The summed E-state index contributed by atoms with van der Waals surface area (Å²) in [5.41, 5.74) is 4.47. The molecule has 1 atom stereocenters. The number of unbranched alkanes of at least 4 members (excludes halogenated alkanes) is 2. The van der Waals surface area contributed by atoms with Gasteiger partial charge in [0.2, 0.25) is 17.7 Å². The third-order valence-corrected chi connectivity index (χ3v) is 13.0. The molecule has 1 unspecified atom stereocenters. The Bertz CT molecular complexity index is 1940. The zero-order chi connectivity index (χ0) is 40.3. The summed E-state index contributed by atoms with van der Waals surface area (Å²) in [6.45, 7) is 7.60. The Morgan fingerprint density at radius 2 is 1.69 bits per heavy atom. The number of likely N-dealkylation sites (tertiary alicyclic amines) is 1. The number of thioether (sulfide) groups is 1. The van der Waals surface area contributed by atoms with Gasteiger partial charge in [-0.2, -0.15) is 0 Å². The van der Waals surface area contributed by atoms with E-state index in [2.05, 4.69) is 37.6 Å². The Balaban J connectivity index is 0.750. The van der Waals surface area contributed by atoms with E-state index in [0.29, 0.717) is 31.0 Å². The fraction of sp³-hybridized carbons (Fsp3) is 0.467. The number of anilines is 1. The van der Waals surface area contributed by atoms with Gasteiger partial charge in [-0.15, -0.1) is 11.8 Å². The van der Waals surface area contributed by atoms with Gasteiger partial charge in [0, 0.05) is 93.4 Å². The van der Waals surface area contributed by atoms with Crippen molar-refractivity contribution in [3.8, 4) is 0 Å². The smallest absolute Gasteiger partial charge is 0.256 e. The molecular formula is C45H55N7O5S. The lowest BCUT2D eigenvalue weighted by atomic mass is 9.91. The Morgan fingerprint density at radius 3 is 2.45 bits per heavy atom. The molecule has 7 rings (SSSR count). The predicted octanol–water partition coefficient (Wildman–Crippen LogP) is 5.39. The topological polar surface area (TPSA) is 135 Å². The van der Waals surface area contributed by atoms with Crippen molar-refractivity contribution >= 4 is 53.1 Å². The first-order valence-electron chi connectivity index (χ1n) is 20.9. The molecule has 13 heteroatoms. The summed E-state index contributed by atoms with van der Waals surface area (Å²) in [6.07, 6.45) is 14.7. The van der Waals surface area contributed by atoms with Crippen LogP contribution in [-0.2, 0) is 20.9 Å². The normalized spacial score (nSPS) is 19.1. The molecule has 58 heavy (non-hydrogen) atoms. The summed E-state index contributed by atoms with van der Waals surface area (Å²) in [5.74, 6) is 0.804. The van der Waals surface area contributed by atoms with Gasteiger partial charge in [0.15, 0.2) is 0 Å². The second-order valence-electron chi connectivity index (χ2n) is 15.8. The summed E-state index contributed by atoms with van der Waals surface area (Å²) < 4.78 is 0. The van der Waals surface area contributed by atoms with Crippen molar-refractivity contribution in [2.45, 2.75) is 75.3 Å². The summed E-state index contributed by atoms with van der Waals surface area (Å²) in [7, 11) is 0. The van der Waals surface area contributed by atoms with Crippen LogP contribution in [0.4, 0.5) is 5.69 Å². The van der Waals surface area contributed by atoms with E-state index in [0.717, 1.165) is 124 Å². The number of imide groups is 1. The molecule has 0 spiro atoms. The monoisotopic (exact) mass is 805 g/mol. The number of hydrogen-bond donors (Lipinski definition) is 2. The molecule has 3 saturated heterocycles. The van der Waals surface area contributed by atoms with Crippen molar-refractivity contribution in [2.75, 3.05) is 63.0 Å². The second-order valence-corrected chi connectivity index (χ2v) is 16.9. The highest BCUT2D eigenvalue weighted by Gasteiger charge is 2.40. The minimum absolute atomic E-state index is 0.0843. The lowest BCUT2D eigenvalue weighted by Gasteiger charge is -2.36. The van der Waals surface area contributed by atoms with E-state index in [9.17, 15) is 24.0 Å². The predicted molar refractivity (Wildman–Crippen MR) is 226 cm³/mol. The summed E-state index contributed by atoms with van der Waals surface area (Å²) >= 11 is 1.71. The highest BCUT2D eigenvalue weighted by molar-refractivity contribution is 7.99. The van der Waals surface area contributed by atoms with Gasteiger partial charge in [-0.3, -0.25) is 39.2 Å². The SMILES string of the molecule is O=C(/C=C/c1cccnc1)NCCCCC1CCN(C(=O)c2ccc(N3CCN(CCCCSc4cccc5c4C(=O)N(C4CCC(=O)NC4=O)C5)CC3)cc2)CC1. The standard InChI is InChI=1S/C45H55N7O5S/c53-40(17-11-34-8-6-21-46-31-34)47-22-2-1-7-33-19-24-51(25-20-33)44(56)35-12-14-37(15-13-35)50-28-26-49(27-29-50)23-3-4-30-58-39-10-5-9-36-32-52(45(57)42(36)39)38-16-18-41(54)48-43(38)55/h5-6,8-15,17,21,31,33,38H,1-4,7,16,18-20,22-30,32H2,(H,47,53)(H,48,54,55)/b17-11+. The molecule has 4 aliphatic rings. The maximum absolute atomic E-state index is 13.4. The number of piperazine rings is 1. The molecule has 5 heterocycles. The molecular weight excluding hydrogens is 751 g/mol. The van der Waals surface area contributed by atoms with Crippen LogP contribution in [0, 0.1) is 5.92 Å². The number of aromatic nitrogens is 1. The number of pyridine rings is 1. The van der Waals surface area contributed by atoms with Gasteiger partial charge < -0.3 is 20.0 Å². The highest BCUT2D eigenvalue weighted by Crippen LogP contribution is 2.35. The molecule has 12 nitrogen and oxygen atoms in total. The molecule has 0 bridgehead atoms. The molecule has 3 aromatic rings. The number of nitrogens with zero attached hydrogens (tertiary/aromatic N) is 5. The van der Waals surface area contributed by atoms with Gasteiger partial charge in [0.25, 0.3) is 11.8 Å². The third kappa shape index (κ3) is 10.7. The minimum Gasteiger partial charge on any atom is -0.369 e. The molecule has 5 amide bonds. The molecule has 306 valence electrons. The first kappa shape index (κ1) is 41.2. The molecule has 3 fully saturated rings. The Morgan fingerprint density at radius 1 is 0.879 bits per heavy atom. The molecule has 0 saturated carbocycles. The molecule has 0 radical (unpaired) electrons. The maximum Gasteiger partial charge on any atom is 0.256 e. The van der Waals surface area contributed by atoms with E-state index in [-0.39, 0.29) is 36.0 Å². The van der Waals surface area contributed by atoms with E-state index in [1.165, 1.54) is 0 Å². The largest absolute Gasteiger partial charge is 0.369 e. The Labute approximate surface area is 345 Å². The summed E-state index contributed by atoms with van der Waals surface area (Å²) in [4.78, 5) is 76.4. The number of rotatable bonds is 16. The molecule has 1 aromatic heterocycles. The van der Waals surface area contributed by atoms with Crippen molar-refractivity contribution in [1.29, 1.82) is 0 Å². The molecule has 0 aliphatic carbocycles. The number of carbonyl (C=O) groups excluding carboxylic acids is 5. The lowest BCUT2D eigenvalue weighted by Crippen LogP contribution is -2.52. The van der Waals surface area contributed by atoms with E-state index in [1.54, 1.807) is 41.2 Å². The van der Waals surface area contributed by atoms with Gasteiger partial charge in [-0.25, -0.2) is 0 Å². The van der Waals surface area contributed by atoms with Crippen LogP contribution in [0.15, 0.2) is 78.0 Å². The number of nitrogens with one attached hydrogen (secondary N) is 2. The van der Waals surface area contributed by atoms with Gasteiger partial charge in [-0.05, 0) is 110 Å². The van der Waals surface area contributed by atoms with Crippen molar-refractivity contribution in [3.63, 3.8) is 0 Å². The number of amides is 5. The van der Waals surface area contributed by atoms with Crippen molar-refractivity contribution in [3.05, 3.63) is 95.3 Å². The third-order valence-electron chi connectivity index (χ3n) is 11.8. The zero-order valence-electron chi connectivity index (χ0n) is 33.3. The van der Waals surface area contributed by atoms with Crippen LogP contribution in [0.3, 0.4) is 0 Å². The van der Waals surface area contributed by atoms with Gasteiger partial charge >= 0.3 is 0 Å². The van der Waals surface area contributed by atoms with Gasteiger partial charge in [0.05, 0.1) is 5.56 Å². The molecule has 2 aromatic carbocycles. The zero-order valence-corrected chi connectivity index (χ0v) is 34.1. The van der Waals surface area contributed by atoms with Crippen LogP contribution in [0.5, 0.6) is 0 Å². The highest BCUT2D eigenvalue weighted by atomic mass is 32.2. The number of carbonyl (C=O) groups is 5. The van der Waals surface area contributed by atoms with E-state index >= 15 is 0 Å². The lowest BCUT2D eigenvalue weighted by molar-refractivity contribution is -0.137. The summed E-state index contributed by atoms with van der Waals surface area (Å²) in [6, 6.07) is 17.3. The quantitative estimate of drug-likeness (QED) is 0.0847. The van der Waals surface area contributed by atoms with Crippen molar-refractivity contribution in [1.82, 2.24) is 30.3 Å². The number of hydrogen-bond acceptors (Lipinski definition) is 9. The van der Waals surface area contributed by atoms with E-state index in [1.807, 2.05) is 47.4 Å². The maximum atomic E-state index is 13.4. The van der Waals surface area contributed by atoms with Crippen LogP contribution in [0.25, 0.3) is 6.08 Å². The van der Waals surface area contributed by atoms with Crippen LogP contribution in [-0.4, -0.2) is 113 Å². The van der Waals surface area contributed by atoms with Crippen molar-refractivity contribution < 1.29 is 24.0 Å². The van der Waals surface area contributed by atoms with Crippen LogP contribution in [0.1, 0.15) is 89.6 Å². The number of benzene rings is 2. The fourth-order valence-corrected chi connectivity index (χ4v) is 9.55.